The van der Waals surface area contributed by atoms with Crippen LogP contribution in [0.4, 0.5) is 0 Å². The minimum Gasteiger partial charge on any atom is -0.462 e. The fourth-order valence-corrected chi connectivity index (χ4v) is 13.5. The van der Waals surface area contributed by atoms with E-state index in [-0.39, 0.29) is 25.7 Å². The van der Waals surface area contributed by atoms with Crippen molar-refractivity contribution in [3.8, 4) is 0 Å². The van der Waals surface area contributed by atoms with Crippen molar-refractivity contribution in [3.05, 3.63) is 0 Å². The van der Waals surface area contributed by atoms with Crippen molar-refractivity contribution in [3.63, 3.8) is 0 Å². The topological polar surface area (TPSA) is 237 Å². The lowest BCUT2D eigenvalue weighted by Gasteiger charge is -2.21. The van der Waals surface area contributed by atoms with Gasteiger partial charge in [-0.05, 0) is 43.4 Å². The van der Waals surface area contributed by atoms with Crippen LogP contribution >= 0.6 is 15.6 Å². The molecular weight excluding hydrogens is 1270 g/mol. The lowest BCUT2D eigenvalue weighted by molar-refractivity contribution is -0.161. The van der Waals surface area contributed by atoms with E-state index in [9.17, 15) is 43.2 Å². The fraction of sp³-hybridized carbons (Fsp3) is 0.949. The van der Waals surface area contributed by atoms with Crippen LogP contribution in [0.3, 0.4) is 0 Å². The smallest absolute Gasteiger partial charge is 0.462 e. The lowest BCUT2D eigenvalue weighted by atomic mass is 10.0. The SMILES string of the molecule is CCCCCCCC(=O)OC[C@H](COP(=O)(O)OC[C@H](O)COP(=O)(O)OC[C@@H](COC(=O)CCCCCCCCCCCCCCCCCCC(C)C)OC(=O)CCCCCCCCCCCCCCCCCCCCC(C)C)OC(=O)CCCCCCCCCCCC(C)C. The summed E-state index contributed by atoms with van der Waals surface area (Å²) in [5, 5.41) is 10.6. The molecule has 0 aromatic carbocycles. The van der Waals surface area contributed by atoms with Crippen LogP contribution in [-0.2, 0) is 65.4 Å². The molecule has 0 saturated carbocycles. The highest BCUT2D eigenvalue weighted by Crippen LogP contribution is 2.45. The van der Waals surface area contributed by atoms with Crippen LogP contribution in [0.2, 0.25) is 0 Å². The summed E-state index contributed by atoms with van der Waals surface area (Å²) in [6.45, 7) is 11.9. The fourth-order valence-electron chi connectivity index (χ4n) is 12.0. The summed E-state index contributed by atoms with van der Waals surface area (Å²) in [6.07, 6.45) is 56.1. The Kier molecular flexibility index (Phi) is 67.1. The van der Waals surface area contributed by atoms with E-state index in [0.717, 1.165) is 114 Å². The Morgan fingerprint density at radius 3 is 0.701 bits per heavy atom. The van der Waals surface area contributed by atoms with Crippen molar-refractivity contribution in [2.45, 2.75) is 420 Å². The van der Waals surface area contributed by atoms with E-state index < -0.39 is 97.5 Å². The number of unbranched alkanes of at least 4 members (excludes halogenated alkanes) is 44. The van der Waals surface area contributed by atoms with Gasteiger partial charge in [0, 0.05) is 25.7 Å². The number of hydrogen-bond acceptors (Lipinski definition) is 15. The number of aliphatic hydroxyl groups is 1. The van der Waals surface area contributed by atoms with E-state index in [1.54, 1.807) is 0 Å². The van der Waals surface area contributed by atoms with Gasteiger partial charge in [0.05, 0.1) is 26.4 Å². The van der Waals surface area contributed by atoms with Crippen LogP contribution in [0.5, 0.6) is 0 Å². The minimum atomic E-state index is -4.96. The predicted molar refractivity (Wildman–Crippen MR) is 395 cm³/mol. The maximum Gasteiger partial charge on any atom is 0.472 e. The Morgan fingerprint density at radius 2 is 0.474 bits per heavy atom. The van der Waals surface area contributed by atoms with E-state index in [1.807, 2.05) is 0 Å². The summed E-state index contributed by atoms with van der Waals surface area (Å²) in [7, 11) is -9.90. The number of ether oxygens (including phenoxy) is 4. The number of phosphoric ester groups is 2. The molecule has 0 radical (unpaired) electrons. The third-order valence-corrected chi connectivity index (χ3v) is 20.0. The first-order valence-electron chi connectivity index (χ1n) is 40.3. The second-order valence-electron chi connectivity index (χ2n) is 29.5. The van der Waals surface area contributed by atoms with Crippen molar-refractivity contribution in [1.82, 2.24) is 0 Å². The van der Waals surface area contributed by atoms with Crippen molar-refractivity contribution < 1.29 is 80.2 Å². The highest BCUT2D eigenvalue weighted by Gasteiger charge is 2.30. The molecular formula is C78H152O17P2. The van der Waals surface area contributed by atoms with Gasteiger partial charge in [-0.1, -0.05) is 350 Å². The normalized spacial score (nSPS) is 14.0. The Morgan fingerprint density at radius 1 is 0.278 bits per heavy atom. The number of carbonyl (C=O) groups is 4. The number of hydrogen-bond donors (Lipinski definition) is 3. The Balaban J connectivity index is 5.12. The zero-order valence-electron chi connectivity index (χ0n) is 63.5. The molecule has 0 heterocycles. The van der Waals surface area contributed by atoms with Gasteiger partial charge in [-0.3, -0.25) is 37.3 Å². The van der Waals surface area contributed by atoms with Crippen LogP contribution in [0.25, 0.3) is 0 Å². The third-order valence-electron chi connectivity index (χ3n) is 18.1. The number of phosphoric acid groups is 2. The molecule has 3 N–H and O–H groups in total. The van der Waals surface area contributed by atoms with Gasteiger partial charge < -0.3 is 33.8 Å². The monoisotopic (exact) mass is 1420 g/mol. The molecule has 2 unspecified atom stereocenters. The molecule has 576 valence electrons. The molecule has 0 bridgehead atoms. The van der Waals surface area contributed by atoms with Crippen LogP contribution in [0.1, 0.15) is 402 Å². The number of aliphatic hydroxyl groups excluding tert-OH is 1. The summed E-state index contributed by atoms with van der Waals surface area (Å²) in [4.78, 5) is 72.6. The molecule has 0 amide bonds. The maximum absolute atomic E-state index is 13.1. The predicted octanol–water partition coefficient (Wildman–Crippen LogP) is 23.0. The minimum absolute atomic E-state index is 0.104. The van der Waals surface area contributed by atoms with Gasteiger partial charge in [0.1, 0.15) is 19.3 Å². The van der Waals surface area contributed by atoms with Gasteiger partial charge in [0.25, 0.3) is 0 Å². The molecule has 0 aromatic heterocycles. The number of esters is 4. The first-order chi connectivity index (χ1) is 46.7. The van der Waals surface area contributed by atoms with Gasteiger partial charge in [0.15, 0.2) is 12.2 Å². The summed E-state index contributed by atoms with van der Waals surface area (Å²) < 4.78 is 68.3. The van der Waals surface area contributed by atoms with Gasteiger partial charge in [-0.25, -0.2) is 9.13 Å². The highest BCUT2D eigenvalue weighted by atomic mass is 31.2. The molecule has 0 fully saturated rings. The van der Waals surface area contributed by atoms with E-state index in [2.05, 4.69) is 48.5 Å². The van der Waals surface area contributed by atoms with Crippen molar-refractivity contribution in [1.29, 1.82) is 0 Å². The molecule has 0 aromatic rings. The Labute approximate surface area is 594 Å². The van der Waals surface area contributed by atoms with Gasteiger partial charge in [-0.2, -0.15) is 0 Å². The molecule has 0 rings (SSSR count). The van der Waals surface area contributed by atoms with E-state index >= 15 is 0 Å². The zero-order chi connectivity index (χ0) is 71.6. The van der Waals surface area contributed by atoms with Gasteiger partial charge in [-0.15, -0.1) is 0 Å². The first-order valence-corrected chi connectivity index (χ1v) is 43.3. The maximum atomic E-state index is 13.1. The molecule has 97 heavy (non-hydrogen) atoms. The average Bonchev–Trinajstić information content (AvgIpc) is 1.19. The molecule has 0 spiro atoms. The molecule has 0 aliphatic carbocycles. The van der Waals surface area contributed by atoms with Gasteiger partial charge >= 0.3 is 39.5 Å². The second kappa shape index (κ2) is 68.5. The average molecular weight is 1420 g/mol. The van der Waals surface area contributed by atoms with Crippen molar-refractivity contribution in [2.24, 2.45) is 17.8 Å². The van der Waals surface area contributed by atoms with E-state index in [4.69, 9.17) is 37.0 Å². The number of carbonyl (C=O) groups excluding carboxylic acids is 4. The van der Waals surface area contributed by atoms with Crippen LogP contribution < -0.4 is 0 Å². The largest absolute Gasteiger partial charge is 0.472 e. The molecule has 17 nitrogen and oxygen atoms in total. The van der Waals surface area contributed by atoms with Crippen molar-refractivity contribution in [2.75, 3.05) is 39.6 Å². The van der Waals surface area contributed by atoms with E-state index in [0.29, 0.717) is 25.7 Å². The van der Waals surface area contributed by atoms with Crippen LogP contribution in [0, 0.1) is 17.8 Å². The summed E-state index contributed by atoms with van der Waals surface area (Å²) in [6, 6.07) is 0. The second-order valence-corrected chi connectivity index (χ2v) is 32.4. The van der Waals surface area contributed by atoms with Crippen LogP contribution in [0.15, 0.2) is 0 Å². The highest BCUT2D eigenvalue weighted by molar-refractivity contribution is 7.47. The molecule has 0 saturated heterocycles. The lowest BCUT2D eigenvalue weighted by Crippen LogP contribution is -2.30. The third kappa shape index (κ3) is 72.2. The summed E-state index contributed by atoms with van der Waals surface area (Å²) in [5.74, 6) is 0.242. The first kappa shape index (κ1) is 95.1. The Bertz CT molecular complexity index is 1890. The van der Waals surface area contributed by atoms with Gasteiger partial charge in [0.2, 0.25) is 0 Å². The summed E-state index contributed by atoms with van der Waals surface area (Å²) >= 11 is 0. The quantitative estimate of drug-likeness (QED) is 0.0222. The molecule has 0 aliphatic heterocycles. The van der Waals surface area contributed by atoms with Crippen LogP contribution in [-0.4, -0.2) is 96.7 Å². The molecule has 5 atom stereocenters. The number of rotatable bonds is 76. The summed E-state index contributed by atoms with van der Waals surface area (Å²) in [5.41, 5.74) is 0. The molecule has 0 aliphatic rings. The molecule has 19 heteroatoms. The van der Waals surface area contributed by atoms with E-state index in [1.165, 1.54) is 205 Å². The van der Waals surface area contributed by atoms with Crippen molar-refractivity contribution >= 4 is 39.5 Å². The Hall–Kier alpha value is -1.94. The zero-order valence-corrected chi connectivity index (χ0v) is 65.3. The standard InChI is InChI=1S/C78H152O17P2/c1-8-9-10-42-52-59-75(80)88-65-73(94-78(83)62-55-48-41-35-29-32-38-45-51-58-71(6)7)67-92-96(84,85)90-63-72(79)64-91-97(86,87)93-68-74(66-89-76(81)60-53-46-39-33-27-23-19-16-15-18-22-26-31-37-44-50-57-70(4)5)95-77(82)61-54-47-40-34-28-24-20-14-12-11-13-17-21-25-30-36-43-49-56-69(2)3/h69-74,79H,8-68H2,1-7H3,(H,84,85)(H,86,87)/t72-,73+,74+/m0/s1.